The maximum atomic E-state index is 11.4. The topological polar surface area (TPSA) is 66.0 Å². The van der Waals surface area contributed by atoms with Gasteiger partial charge in [0, 0.05) is 20.1 Å². The molecule has 0 spiro atoms. The van der Waals surface area contributed by atoms with E-state index in [-0.39, 0.29) is 29.9 Å². The number of hydrogen-bond donors (Lipinski definition) is 2. The van der Waals surface area contributed by atoms with Gasteiger partial charge in [-0.1, -0.05) is 19.1 Å². The number of likely N-dealkylation sites (tertiary alicyclic amines) is 1. The number of halogens is 1. The van der Waals surface area contributed by atoms with Crippen molar-refractivity contribution in [2.75, 3.05) is 46.9 Å². The second-order valence-electron chi connectivity index (χ2n) is 7.24. The van der Waals surface area contributed by atoms with E-state index in [0.717, 1.165) is 44.4 Å². The minimum Gasteiger partial charge on any atom is -0.465 e. The number of carbonyl (C=O) groups excluding carboxylic acids is 1. The Hall–Kier alpha value is -1.35. The molecule has 0 bridgehead atoms. The molecular formula is C21H35IN4O2. The third-order valence-corrected chi connectivity index (χ3v) is 5.12. The molecule has 1 aliphatic rings. The van der Waals surface area contributed by atoms with Crippen LogP contribution in [0.4, 0.5) is 0 Å². The lowest BCUT2D eigenvalue weighted by Gasteiger charge is -2.30. The number of esters is 1. The molecule has 2 N–H and O–H groups in total. The number of ether oxygens (including phenoxy) is 1. The van der Waals surface area contributed by atoms with Crippen LogP contribution in [0.1, 0.15) is 42.1 Å². The largest absolute Gasteiger partial charge is 0.465 e. The first-order valence-corrected chi connectivity index (χ1v) is 9.96. The average molecular weight is 502 g/mol. The van der Waals surface area contributed by atoms with Crippen LogP contribution in [0.2, 0.25) is 0 Å². The SMILES string of the molecule is CN=C(NCCCN1CCC(C)CC1)NCCc1ccc(C(=O)OC)cc1.I. The van der Waals surface area contributed by atoms with E-state index >= 15 is 0 Å². The molecule has 28 heavy (non-hydrogen) atoms. The van der Waals surface area contributed by atoms with Crippen molar-refractivity contribution in [3.63, 3.8) is 0 Å². The first-order chi connectivity index (χ1) is 13.1. The zero-order valence-electron chi connectivity index (χ0n) is 17.4. The van der Waals surface area contributed by atoms with E-state index in [1.165, 1.54) is 38.6 Å². The Morgan fingerprint density at radius 3 is 2.43 bits per heavy atom. The van der Waals surface area contributed by atoms with Crippen molar-refractivity contribution in [1.82, 2.24) is 15.5 Å². The minimum atomic E-state index is -0.302. The van der Waals surface area contributed by atoms with Crippen LogP contribution < -0.4 is 10.6 Å². The van der Waals surface area contributed by atoms with E-state index in [1.54, 1.807) is 19.2 Å². The zero-order valence-corrected chi connectivity index (χ0v) is 19.7. The molecule has 2 rings (SSSR count). The van der Waals surface area contributed by atoms with Crippen LogP contribution in [0, 0.1) is 5.92 Å². The van der Waals surface area contributed by atoms with Crippen LogP contribution in [0.15, 0.2) is 29.3 Å². The third kappa shape index (κ3) is 8.77. The van der Waals surface area contributed by atoms with Crippen molar-refractivity contribution in [1.29, 1.82) is 0 Å². The molecule has 1 heterocycles. The lowest BCUT2D eigenvalue weighted by atomic mass is 9.99. The van der Waals surface area contributed by atoms with Crippen LogP contribution in [-0.2, 0) is 11.2 Å². The van der Waals surface area contributed by atoms with Crippen molar-refractivity contribution in [2.45, 2.75) is 32.6 Å². The molecule has 6 nitrogen and oxygen atoms in total. The number of nitrogens with one attached hydrogen (secondary N) is 2. The fraction of sp³-hybridized carbons (Fsp3) is 0.619. The minimum absolute atomic E-state index is 0. The maximum absolute atomic E-state index is 11.4. The summed E-state index contributed by atoms with van der Waals surface area (Å²) in [6, 6.07) is 7.53. The Balaban J connectivity index is 0.00000392. The fourth-order valence-electron chi connectivity index (χ4n) is 3.27. The normalized spacial score (nSPS) is 15.6. The molecule has 0 unspecified atom stereocenters. The van der Waals surface area contributed by atoms with Crippen LogP contribution >= 0.6 is 24.0 Å². The summed E-state index contributed by atoms with van der Waals surface area (Å²) in [5, 5.41) is 6.73. The van der Waals surface area contributed by atoms with Gasteiger partial charge in [0.15, 0.2) is 5.96 Å². The van der Waals surface area contributed by atoms with Crippen molar-refractivity contribution in [2.24, 2.45) is 10.9 Å². The summed E-state index contributed by atoms with van der Waals surface area (Å²) in [4.78, 5) is 18.3. The molecule has 1 aliphatic heterocycles. The molecule has 1 fully saturated rings. The van der Waals surface area contributed by atoms with Gasteiger partial charge in [-0.15, -0.1) is 24.0 Å². The summed E-state index contributed by atoms with van der Waals surface area (Å²) in [6.45, 7) is 7.71. The lowest BCUT2D eigenvalue weighted by molar-refractivity contribution is 0.0600. The highest BCUT2D eigenvalue weighted by atomic mass is 127. The molecule has 1 aromatic rings. The van der Waals surface area contributed by atoms with E-state index in [9.17, 15) is 4.79 Å². The standard InChI is InChI=1S/C21H34N4O2.HI/c1-17-10-15-25(16-11-17)14-4-12-23-21(22-2)24-13-9-18-5-7-19(8-6-18)20(26)27-3;/h5-8,17H,4,9-16H2,1-3H3,(H2,22,23,24);1H. The molecular weight excluding hydrogens is 467 g/mol. The second kappa shape index (κ2) is 13.8. The summed E-state index contributed by atoms with van der Waals surface area (Å²) in [5.74, 6) is 1.43. The number of guanidine groups is 1. The predicted octanol–water partition coefficient (Wildman–Crippen LogP) is 2.92. The van der Waals surface area contributed by atoms with Crippen LogP contribution in [0.25, 0.3) is 0 Å². The van der Waals surface area contributed by atoms with Crippen molar-refractivity contribution in [3.05, 3.63) is 35.4 Å². The zero-order chi connectivity index (χ0) is 19.5. The Morgan fingerprint density at radius 2 is 1.82 bits per heavy atom. The number of hydrogen-bond acceptors (Lipinski definition) is 4. The molecule has 0 aromatic heterocycles. The summed E-state index contributed by atoms with van der Waals surface area (Å²) in [7, 11) is 3.19. The summed E-state index contributed by atoms with van der Waals surface area (Å²) < 4.78 is 4.72. The number of rotatable bonds is 8. The quantitative estimate of drug-likeness (QED) is 0.188. The number of piperidine rings is 1. The Morgan fingerprint density at radius 1 is 1.18 bits per heavy atom. The van der Waals surface area contributed by atoms with Crippen molar-refractivity contribution >= 4 is 35.9 Å². The van der Waals surface area contributed by atoms with Gasteiger partial charge in [-0.25, -0.2) is 4.79 Å². The van der Waals surface area contributed by atoms with Gasteiger partial charge in [0.2, 0.25) is 0 Å². The molecule has 1 aromatic carbocycles. The Bertz CT molecular complexity index is 599. The maximum Gasteiger partial charge on any atom is 0.337 e. The second-order valence-corrected chi connectivity index (χ2v) is 7.24. The van der Waals surface area contributed by atoms with E-state index in [1.807, 2.05) is 12.1 Å². The third-order valence-electron chi connectivity index (χ3n) is 5.12. The van der Waals surface area contributed by atoms with Gasteiger partial charge in [0.1, 0.15) is 0 Å². The Labute approximate surface area is 186 Å². The molecule has 0 atom stereocenters. The highest BCUT2D eigenvalue weighted by molar-refractivity contribution is 14.0. The first-order valence-electron chi connectivity index (χ1n) is 9.96. The summed E-state index contributed by atoms with van der Waals surface area (Å²) in [6.07, 6.45) is 4.66. The van der Waals surface area contributed by atoms with Crippen LogP contribution in [0.5, 0.6) is 0 Å². The Kier molecular flexibility index (Phi) is 12.1. The fourth-order valence-corrected chi connectivity index (χ4v) is 3.27. The molecule has 0 amide bonds. The van der Waals surface area contributed by atoms with Crippen LogP contribution in [0.3, 0.4) is 0 Å². The van der Waals surface area contributed by atoms with Gasteiger partial charge in [-0.3, -0.25) is 4.99 Å². The lowest BCUT2D eigenvalue weighted by Crippen LogP contribution is -2.40. The highest BCUT2D eigenvalue weighted by Crippen LogP contribution is 2.15. The van der Waals surface area contributed by atoms with Gasteiger partial charge in [-0.2, -0.15) is 0 Å². The van der Waals surface area contributed by atoms with Gasteiger partial charge in [0.25, 0.3) is 0 Å². The van der Waals surface area contributed by atoms with Crippen LogP contribution in [-0.4, -0.2) is 63.7 Å². The van der Waals surface area contributed by atoms with Gasteiger partial charge in [0.05, 0.1) is 12.7 Å². The average Bonchev–Trinajstić information content (AvgIpc) is 2.71. The van der Waals surface area contributed by atoms with Crippen molar-refractivity contribution in [3.8, 4) is 0 Å². The van der Waals surface area contributed by atoms with Crippen molar-refractivity contribution < 1.29 is 9.53 Å². The van der Waals surface area contributed by atoms with E-state index in [4.69, 9.17) is 4.74 Å². The molecule has 1 saturated heterocycles. The molecule has 0 saturated carbocycles. The predicted molar refractivity (Wildman–Crippen MR) is 126 cm³/mol. The smallest absolute Gasteiger partial charge is 0.337 e. The van der Waals surface area contributed by atoms with E-state index < -0.39 is 0 Å². The van der Waals surface area contributed by atoms with E-state index in [2.05, 4.69) is 27.4 Å². The number of benzene rings is 1. The molecule has 0 radical (unpaired) electrons. The molecule has 0 aliphatic carbocycles. The first kappa shape index (κ1) is 24.7. The summed E-state index contributed by atoms with van der Waals surface area (Å²) >= 11 is 0. The molecule has 158 valence electrons. The summed E-state index contributed by atoms with van der Waals surface area (Å²) in [5.41, 5.74) is 1.75. The highest BCUT2D eigenvalue weighted by Gasteiger charge is 2.14. The van der Waals surface area contributed by atoms with Gasteiger partial charge in [-0.05, 0) is 68.9 Å². The van der Waals surface area contributed by atoms with E-state index in [0.29, 0.717) is 5.56 Å². The molecule has 7 heteroatoms. The number of carbonyl (C=O) groups is 1. The number of nitrogens with zero attached hydrogens (tertiary/aromatic N) is 2. The number of methoxy groups -OCH3 is 1. The van der Waals surface area contributed by atoms with Gasteiger partial charge < -0.3 is 20.3 Å². The number of aliphatic imine (C=N–C) groups is 1. The monoisotopic (exact) mass is 502 g/mol. The van der Waals surface area contributed by atoms with Gasteiger partial charge >= 0.3 is 5.97 Å².